The average Bonchev–Trinajstić information content (AvgIpc) is 2.71. The number of unbranched alkanes of at least 4 members (excludes halogenated alkanes) is 8. The van der Waals surface area contributed by atoms with Crippen molar-refractivity contribution < 1.29 is 35.1 Å². The number of hydrogen-bond acceptors (Lipinski definition) is 7. The highest BCUT2D eigenvalue weighted by atomic mass is 16.5. The minimum Gasteiger partial charge on any atom is -0.394 e. The number of nitrogens with one attached hydrogen (secondary N) is 1. The van der Waals surface area contributed by atoms with E-state index in [1.807, 2.05) is 0 Å². The summed E-state index contributed by atoms with van der Waals surface area (Å²) in [6.07, 6.45) is 4.67. The van der Waals surface area contributed by atoms with Gasteiger partial charge >= 0.3 is 0 Å². The van der Waals surface area contributed by atoms with Gasteiger partial charge in [-0.05, 0) is 12.8 Å². The first-order valence-electron chi connectivity index (χ1n) is 10.6. The molecule has 28 heavy (non-hydrogen) atoms. The lowest BCUT2D eigenvalue weighted by Gasteiger charge is -2.24. The number of amides is 1. The van der Waals surface area contributed by atoms with Crippen LogP contribution in [0.3, 0.4) is 0 Å². The fraction of sp³-hybridized carbons (Fsp3) is 0.950. The summed E-state index contributed by atoms with van der Waals surface area (Å²) in [5, 5.41) is 49.1. The normalized spacial score (nSPS) is 15.8. The first-order chi connectivity index (χ1) is 13.5. The molecule has 0 saturated heterocycles. The third-order valence-electron chi connectivity index (χ3n) is 4.68. The third-order valence-corrected chi connectivity index (χ3v) is 4.68. The Kier molecular flexibility index (Phi) is 17.8. The molecule has 0 aromatic heterocycles. The molecule has 0 aromatic rings. The van der Waals surface area contributed by atoms with Crippen LogP contribution in [0.4, 0.5) is 0 Å². The highest BCUT2D eigenvalue weighted by molar-refractivity contribution is 5.81. The topological polar surface area (TPSA) is 139 Å². The number of rotatable bonds is 19. The van der Waals surface area contributed by atoms with E-state index in [1.54, 1.807) is 0 Å². The lowest BCUT2D eigenvalue weighted by Crippen LogP contribution is -2.51. The quantitative estimate of drug-likeness (QED) is 0.171. The van der Waals surface area contributed by atoms with Crippen molar-refractivity contribution in [3.63, 3.8) is 0 Å². The minimum absolute atomic E-state index is 0.263. The number of hydrogen-bond donors (Lipinski definition) is 6. The van der Waals surface area contributed by atoms with Crippen molar-refractivity contribution >= 4 is 5.91 Å². The van der Waals surface area contributed by atoms with Crippen LogP contribution < -0.4 is 5.32 Å². The van der Waals surface area contributed by atoms with Gasteiger partial charge in [0.25, 0.3) is 5.91 Å². The molecule has 6 N–H and O–H groups in total. The largest absolute Gasteiger partial charge is 0.394 e. The molecule has 0 heterocycles. The van der Waals surface area contributed by atoms with E-state index < -0.39 is 36.9 Å². The maximum atomic E-state index is 11.7. The number of ether oxygens (including phenoxy) is 1. The smallest absolute Gasteiger partial charge is 0.251 e. The van der Waals surface area contributed by atoms with Gasteiger partial charge in [-0.1, -0.05) is 58.3 Å². The second-order valence-electron chi connectivity index (χ2n) is 7.26. The van der Waals surface area contributed by atoms with Crippen LogP contribution >= 0.6 is 0 Å². The molecule has 0 bridgehead atoms. The van der Waals surface area contributed by atoms with Crippen molar-refractivity contribution in [2.24, 2.45) is 0 Å². The van der Waals surface area contributed by atoms with Gasteiger partial charge in [0.1, 0.15) is 18.3 Å². The molecule has 168 valence electrons. The van der Waals surface area contributed by atoms with Crippen molar-refractivity contribution in [1.82, 2.24) is 5.32 Å². The Balaban J connectivity index is 3.54. The number of carbonyl (C=O) groups is 1. The van der Waals surface area contributed by atoms with Crippen molar-refractivity contribution in [3.05, 3.63) is 0 Å². The highest BCUT2D eigenvalue weighted by Gasteiger charge is 2.33. The molecule has 0 unspecified atom stereocenters. The molecule has 0 saturated carbocycles. The molecule has 0 aliphatic carbocycles. The molecule has 0 fully saturated rings. The summed E-state index contributed by atoms with van der Waals surface area (Å²) in [7, 11) is 0. The Bertz CT molecular complexity index is 370. The van der Waals surface area contributed by atoms with E-state index in [2.05, 4.69) is 12.2 Å². The van der Waals surface area contributed by atoms with E-state index in [4.69, 9.17) is 9.84 Å². The predicted molar refractivity (Wildman–Crippen MR) is 107 cm³/mol. The van der Waals surface area contributed by atoms with Crippen LogP contribution in [-0.2, 0) is 9.53 Å². The summed E-state index contributed by atoms with van der Waals surface area (Å²) in [5.41, 5.74) is 0. The molecule has 8 nitrogen and oxygen atoms in total. The Morgan fingerprint density at radius 2 is 1.36 bits per heavy atom. The highest BCUT2D eigenvalue weighted by Crippen LogP contribution is 2.09. The van der Waals surface area contributed by atoms with Crippen molar-refractivity contribution in [1.29, 1.82) is 0 Å². The van der Waals surface area contributed by atoms with Crippen LogP contribution in [0.2, 0.25) is 0 Å². The summed E-state index contributed by atoms with van der Waals surface area (Å²) in [6, 6.07) is 0. The maximum absolute atomic E-state index is 11.7. The molecular weight excluding hydrogens is 366 g/mol. The fourth-order valence-corrected chi connectivity index (χ4v) is 2.78. The summed E-state index contributed by atoms with van der Waals surface area (Å²) < 4.78 is 5.50. The zero-order chi connectivity index (χ0) is 21.2. The summed E-state index contributed by atoms with van der Waals surface area (Å²) in [4.78, 5) is 11.7. The SMILES string of the molecule is CCCCCCCCCCCOCCCNC(=O)[C@H](O)[C@H](O)[C@@H](O)[C@H](O)CO. The van der Waals surface area contributed by atoms with E-state index in [0.717, 1.165) is 12.8 Å². The van der Waals surface area contributed by atoms with Gasteiger partial charge in [-0.25, -0.2) is 0 Å². The van der Waals surface area contributed by atoms with Crippen LogP contribution in [-0.4, -0.2) is 82.2 Å². The van der Waals surface area contributed by atoms with E-state index in [-0.39, 0.29) is 6.54 Å². The molecule has 0 spiro atoms. The molecule has 0 aliphatic rings. The Labute approximate surface area is 168 Å². The van der Waals surface area contributed by atoms with Gasteiger partial charge in [0.2, 0.25) is 0 Å². The standard InChI is InChI=1S/C20H41NO7/c1-2-3-4-5-6-7-8-9-10-13-28-14-11-12-21-20(27)19(26)18(25)17(24)16(23)15-22/h16-19,22-26H,2-15H2,1H3,(H,21,27)/t16-,17+,18-,19-/m1/s1. The van der Waals surface area contributed by atoms with E-state index in [0.29, 0.717) is 19.6 Å². The zero-order valence-corrected chi connectivity index (χ0v) is 17.3. The lowest BCUT2D eigenvalue weighted by atomic mass is 10.0. The first kappa shape index (κ1) is 27.2. The second kappa shape index (κ2) is 18.3. The van der Waals surface area contributed by atoms with Crippen LogP contribution in [0.1, 0.15) is 71.1 Å². The van der Waals surface area contributed by atoms with Gasteiger partial charge in [-0.15, -0.1) is 0 Å². The van der Waals surface area contributed by atoms with Gasteiger partial charge in [0.15, 0.2) is 6.10 Å². The van der Waals surface area contributed by atoms with E-state index >= 15 is 0 Å². The van der Waals surface area contributed by atoms with Gasteiger partial charge in [-0.2, -0.15) is 0 Å². The minimum atomic E-state index is -1.89. The summed E-state index contributed by atoms with van der Waals surface area (Å²) in [5.74, 6) is -0.851. The van der Waals surface area contributed by atoms with Gasteiger partial charge < -0.3 is 35.6 Å². The summed E-state index contributed by atoms with van der Waals surface area (Å²) in [6.45, 7) is 2.88. The van der Waals surface area contributed by atoms with Crippen LogP contribution in [0.25, 0.3) is 0 Å². The fourth-order valence-electron chi connectivity index (χ4n) is 2.78. The number of aliphatic hydroxyl groups is 5. The average molecular weight is 408 g/mol. The monoisotopic (exact) mass is 407 g/mol. The Morgan fingerprint density at radius 3 is 1.93 bits per heavy atom. The second-order valence-corrected chi connectivity index (χ2v) is 7.26. The van der Waals surface area contributed by atoms with Gasteiger partial charge in [0.05, 0.1) is 6.61 Å². The van der Waals surface area contributed by atoms with Crippen LogP contribution in [0, 0.1) is 0 Å². The maximum Gasteiger partial charge on any atom is 0.251 e. The number of carbonyl (C=O) groups excluding carboxylic acids is 1. The third kappa shape index (κ3) is 13.4. The van der Waals surface area contributed by atoms with Gasteiger partial charge in [0, 0.05) is 19.8 Å². The Hall–Kier alpha value is -0.770. The lowest BCUT2D eigenvalue weighted by molar-refractivity contribution is -0.148. The predicted octanol–water partition coefficient (Wildman–Crippen LogP) is 0.476. The number of aliphatic hydroxyl groups excluding tert-OH is 5. The molecule has 0 aliphatic heterocycles. The molecular formula is C20H41NO7. The van der Waals surface area contributed by atoms with Crippen molar-refractivity contribution in [2.75, 3.05) is 26.4 Å². The van der Waals surface area contributed by atoms with Crippen LogP contribution in [0.15, 0.2) is 0 Å². The molecule has 8 heteroatoms. The van der Waals surface area contributed by atoms with E-state index in [1.165, 1.54) is 44.9 Å². The van der Waals surface area contributed by atoms with Crippen molar-refractivity contribution in [2.45, 2.75) is 95.5 Å². The van der Waals surface area contributed by atoms with Crippen LogP contribution in [0.5, 0.6) is 0 Å². The van der Waals surface area contributed by atoms with E-state index in [9.17, 15) is 25.2 Å². The molecule has 1 amide bonds. The first-order valence-corrected chi connectivity index (χ1v) is 10.6. The Morgan fingerprint density at radius 1 is 0.821 bits per heavy atom. The molecule has 4 atom stereocenters. The summed E-state index contributed by atoms with van der Waals surface area (Å²) >= 11 is 0. The molecule has 0 rings (SSSR count). The zero-order valence-electron chi connectivity index (χ0n) is 17.3. The molecule has 0 aromatic carbocycles. The van der Waals surface area contributed by atoms with Crippen molar-refractivity contribution in [3.8, 4) is 0 Å². The molecule has 0 radical (unpaired) electrons. The van der Waals surface area contributed by atoms with Gasteiger partial charge in [-0.3, -0.25) is 4.79 Å².